The summed E-state index contributed by atoms with van der Waals surface area (Å²) >= 11 is 0. The largest absolute Gasteiger partial charge is 0.311 e. The van der Waals surface area contributed by atoms with Crippen molar-refractivity contribution in [3.63, 3.8) is 0 Å². The molecule has 1 aliphatic heterocycles. The Morgan fingerprint density at radius 1 is 1.50 bits per heavy atom. The van der Waals surface area contributed by atoms with E-state index in [1.54, 1.807) is 7.05 Å². The van der Waals surface area contributed by atoms with Gasteiger partial charge in [0.2, 0.25) is 5.84 Å². The predicted molar refractivity (Wildman–Crippen MR) is 41.2 cm³/mol. The molecule has 5 nitrogen and oxygen atoms in total. The molecule has 0 aromatic rings. The average molecular weight is 137 g/mol. The highest BCUT2D eigenvalue weighted by atomic mass is 15.3. The number of nitrogens with zero attached hydrogens (tertiary/aromatic N) is 3. The van der Waals surface area contributed by atoms with Gasteiger partial charge in [-0.25, -0.2) is 9.98 Å². The lowest BCUT2D eigenvalue weighted by Gasteiger charge is -1.99. The second kappa shape index (κ2) is 2.86. The zero-order valence-electron chi connectivity index (χ0n) is 5.50. The van der Waals surface area contributed by atoms with Crippen molar-refractivity contribution < 1.29 is 0 Å². The smallest absolute Gasteiger partial charge is 0.216 e. The van der Waals surface area contributed by atoms with Gasteiger partial charge in [-0.1, -0.05) is 0 Å². The van der Waals surface area contributed by atoms with E-state index in [1.807, 2.05) is 0 Å². The summed E-state index contributed by atoms with van der Waals surface area (Å²) in [5.74, 6) is 0.391. The molecule has 10 heavy (non-hydrogen) atoms. The van der Waals surface area contributed by atoms with Gasteiger partial charge in [-0.05, 0) is 0 Å². The van der Waals surface area contributed by atoms with Crippen LogP contribution in [0, 0.1) is 5.41 Å². The normalized spacial score (nSPS) is 20.1. The lowest BCUT2D eigenvalue weighted by molar-refractivity contribution is 0.900. The van der Waals surface area contributed by atoms with Gasteiger partial charge in [-0.15, -0.1) is 0 Å². The SMILES string of the molecule is CN/N=C1/N=CC=NC1=N. The molecular weight excluding hydrogens is 130 g/mol. The lowest BCUT2D eigenvalue weighted by Crippen LogP contribution is -2.15. The first-order chi connectivity index (χ1) is 4.84. The van der Waals surface area contributed by atoms with Crippen molar-refractivity contribution in [3.8, 4) is 0 Å². The molecule has 0 saturated heterocycles. The van der Waals surface area contributed by atoms with Gasteiger partial charge in [0.25, 0.3) is 0 Å². The highest BCUT2D eigenvalue weighted by Crippen LogP contribution is 1.87. The van der Waals surface area contributed by atoms with Crippen LogP contribution in [-0.4, -0.2) is 31.1 Å². The molecule has 0 spiro atoms. The van der Waals surface area contributed by atoms with Gasteiger partial charge >= 0.3 is 0 Å². The summed E-state index contributed by atoms with van der Waals surface area (Å²) in [5.41, 5.74) is 2.53. The topological polar surface area (TPSA) is 73.0 Å². The maximum Gasteiger partial charge on any atom is 0.216 e. The van der Waals surface area contributed by atoms with E-state index in [2.05, 4.69) is 20.5 Å². The van der Waals surface area contributed by atoms with Gasteiger partial charge in [-0.2, -0.15) is 5.10 Å². The summed E-state index contributed by atoms with van der Waals surface area (Å²) in [5, 5.41) is 10.9. The van der Waals surface area contributed by atoms with Crippen LogP contribution in [0.4, 0.5) is 0 Å². The summed E-state index contributed by atoms with van der Waals surface area (Å²) in [4.78, 5) is 7.46. The Hall–Kier alpha value is -1.52. The van der Waals surface area contributed by atoms with Crippen LogP contribution in [0.25, 0.3) is 0 Å². The van der Waals surface area contributed by atoms with Crippen LogP contribution in [-0.2, 0) is 0 Å². The Kier molecular flexibility index (Phi) is 1.89. The van der Waals surface area contributed by atoms with Crippen molar-refractivity contribution in [1.29, 1.82) is 5.41 Å². The molecule has 0 fully saturated rings. The molecule has 0 aromatic carbocycles. The lowest BCUT2D eigenvalue weighted by atomic mass is 10.5. The molecule has 0 atom stereocenters. The molecule has 5 heteroatoms. The zero-order valence-corrected chi connectivity index (χ0v) is 5.50. The summed E-state index contributed by atoms with van der Waals surface area (Å²) in [6.07, 6.45) is 2.95. The minimum atomic E-state index is 0.0804. The van der Waals surface area contributed by atoms with Crippen LogP contribution in [0.1, 0.15) is 0 Å². The molecule has 0 aliphatic carbocycles. The van der Waals surface area contributed by atoms with E-state index in [0.29, 0.717) is 5.84 Å². The first kappa shape index (κ1) is 6.60. The van der Waals surface area contributed by atoms with Crippen molar-refractivity contribution in [1.82, 2.24) is 5.43 Å². The number of amidine groups is 2. The van der Waals surface area contributed by atoms with Gasteiger partial charge in [-0.3, -0.25) is 5.41 Å². The Morgan fingerprint density at radius 2 is 2.20 bits per heavy atom. The predicted octanol–water partition coefficient (Wildman–Crippen LogP) is -0.348. The first-order valence-electron chi connectivity index (χ1n) is 2.74. The monoisotopic (exact) mass is 137 g/mol. The number of aliphatic imine (C=N–C) groups is 2. The van der Waals surface area contributed by atoms with Crippen molar-refractivity contribution in [3.05, 3.63) is 0 Å². The quantitative estimate of drug-likeness (QED) is 0.476. The second-order valence-corrected chi connectivity index (χ2v) is 1.56. The average Bonchev–Trinajstić information content (AvgIpc) is 1.94. The van der Waals surface area contributed by atoms with Crippen molar-refractivity contribution >= 4 is 24.1 Å². The van der Waals surface area contributed by atoms with E-state index in [9.17, 15) is 0 Å². The number of rotatable bonds is 1. The van der Waals surface area contributed by atoms with Crippen molar-refractivity contribution in [2.45, 2.75) is 0 Å². The van der Waals surface area contributed by atoms with Crippen LogP contribution in [0.5, 0.6) is 0 Å². The number of hydrogen-bond acceptors (Lipinski definition) is 3. The minimum absolute atomic E-state index is 0.0804. The number of hydrogen-bond donors (Lipinski definition) is 2. The molecule has 0 unspecified atom stereocenters. The Morgan fingerprint density at radius 3 is 2.80 bits per heavy atom. The third-order valence-corrected chi connectivity index (χ3v) is 0.897. The molecule has 2 N–H and O–H groups in total. The Bertz CT molecular complexity index is 224. The highest BCUT2D eigenvalue weighted by Gasteiger charge is 2.04. The summed E-state index contributed by atoms with van der Waals surface area (Å²) in [6.45, 7) is 0. The molecule has 1 heterocycles. The Balaban J connectivity index is 2.80. The zero-order chi connectivity index (χ0) is 7.40. The van der Waals surface area contributed by atoms with Gasteiger partial charge in [0, 0.05) is 19.5 Å². The number of hydrazone groups is 1. The maximum absolute atomic E-state index is 7.17. The van der Waals surface area contributed by atoms with Crippen LogP contribution in [0.15, 0.2) is 15.1 Å². The van der Waals surface area contributed by atoms with E-state index in [-0.39, 0.29) is 5.84 Å². The van der Waals surface area contributed by atoms with E-state index in [0.717, 1.165) is 0 Å². The first-order valence-corrected chi connectivity index (χ1v) is 2.74. The fourth-order valence-electron chi connectivity index (χ4n) is 0.518. The molecular formula is C5H7N5. The summed E-state index contributed by atoms with van der Waals surface area (Å²) in [7, 11) is 1.65. The van der Waals surface area contributed by atoms with Crippen LogP contribution in [0.3, 0.4) is 0 Å². The summed E-state index contributed by atoms with van der Waals surface area (Å²) < 4.78 is 0. The van der Waals surface area contributed by atoms with Crippen LogP contribution >= 0.6 is 0 Å². The minimum Gasteiger partial charge on any atom is -0.311 e. The molecule has 0 saturated carbocycles. The summed E-state index contributed by atoms with van der Waals surface area (Å²) in [6, 6.07) is 0. The second-order valence-electron chi connectivity index (χ2n) is 1.56. The van der Waals surface area contributed by atoms with Gasteiger partial charge in [0.05, 0.1) is 0 Å². The van der Waals surface area contributed by atoms with E-state index >= 15 is 0 Å². The van der Waals surface area contributed by atoms with Crippen molar-refractivity contribution in [2.24, 2.45) is 15.1 Å². The van der Waals surface area contributed by atoms with Crippen LogP contribution in [0.2, 0.25) is 0 Å². The van der Waals surface area contributed by atoms with Crippen LogP contribution < -0.4 is 5.43 Å². The maximum atomic E-state index is 7.17. The molecule has 0 radical (unpaired) electrons. The van der Waals surface area contributed by atoms with E-state index in [4.69, 9.17) is 5.41 Å². The van der Waals surface area contributed by atoms with Crippen molar-refractivity contribution in [2.75, 3.05) is 7.05 Å². The standard InChI is InChI=1S/C5H7N5/c1-7-10-5-4(6)8-2-3-9-5/h2-3,6-7H,1H3/b6-4?,10-5+. The molecule has 0 aromatic heterocycles. The third-order valence-electron chi connectivity index (χ3n) is 0.897. The third kappa shape index (κ3) is 1.25. The fourth-order valence-corrected chi connectivity index (χ4v) is 0.518. The Labute approximate surface area is 58.1 Å². The molecule has 52 valence electrons. The van der Waals surface area contributed by atoms with Gasteiger partial charge in [0.15, 0.2) is 5.84 Å². The fraction of sp³-hybridized carbons (Fsp3) is 0.200. The van der Waals surface area contributed by atoms with E-state index in [1.165, 1.54) is 12.4 Å². The van der Waals surface area contributed by atoms with Gasteiger partial charge in [0.1, 0.15) is 0 Å². The van der Waals surface area contributed by atoms with Gasteiger partial charge < -0.3 is 5.43 Å². The molecule has 1 rings (SSSR count). The molecule has 0 bridgehead atoms. The number of nitrogens with one attached hydrogen (secondary N) is 2. The van der Waals surface area contributed by atoms with E-state index < -0.39 is 0 Å². The molecule has 0 amide bonds. The highest BCUT2D eigenvalue weighted by molar-refractivity contribution is 6.47. The molecule has 1 aliphatic rings.